The Morgan fingerprint density at radius 2 is 2.20 bits per heavy atom. The summed E-state index contributed by atoms with van der Waals surface area (Å²) in [7, 11) is -4.50. The van der Waals surface area contributed by atoms with Crippen molar-refractivity contribution in [1.29, 1.82) is 0 Å². The van der Waals surface area contributed by atoms with Crippen molar-refractivity contribution in [2.24, 2.45) is 0 Å². The first-order chi connectivity index (χ1) is 6.94. The molecule has 2 aromatic rings. The van der Waals surface area contributed by atoms with Crippen LogP contribution < -0.4 is 9.92 Å². The van der Waals surface area contributed by atoms with E-state index in [0.29, 0.717) is 11.0 Å². The Kier molecular flexibility index (Phi) is 2.02. The number of nitrogen functional groups attached to an aromatic ring is 1. The van der Waals surface area contributed by atoms with Gasteiger partial charge in [0.15, 0.2) is 5.95 Å². The van der Waals surface area contributed by atoms with Gasteiger partial charge in [-0.1, -0.05) is 0 Å². The van der Waals surface area contributed by atoms with Gasteiger partial charge in [0.1, 0.15) is 5.75 Å². The average molecular weight is 229 g/mol. The topological polar surface area (TPSA) is 118 Å². The highest BCUT2D eigenvalue weighted by atomic mass is 32.3. The zero-order chi connectivity index (χ0) is 11.1. The monoisotopic (exact) mass is 229 g/mol. The minimum atomic E-state index is -4.50. The Morgan fingerprint density at radius 3 is 2.87 bits per heavy atom. The fourth-order valence-electron chi connectivity index (χ4n) is 1.18. The minimum Gasteiger partial charge on any atom is -0.369 e. The summed E-state index contributed by atoms with van der Waals surface area (Å²) in [5.74, 6) is 0.197. The molecule has 0 amide bonds. The standard InChI is InChI=1S/C7H7N3O4S/c8-7-9-5-2-1-4(3-6(5)10-7)14-15(11,12)13/h1-3H,(H3,8,9,10)(H,11,12,13). The van der Waals surface area contributed by atoms with Gasteiger partial charge in [-0.15, -0.1) is 0 Å². The molecular weight excluding hydrogens is 222 g/mol. The number of nitrogens with one attached hydrogen (secondary N) is 1. The molecule has 8 heteroatoms. The number of aromatic nitrogens is 2. The molecule has 0 aliphatic carbocycles. The second-order valence-electron chi connectivity index (χ2n) is 2.81. The minimum absolute atomic E-state index is 0.0198. The molecule has 0 atom stereocenters. The van der Waals surface area contributed by atoms with Crippen LogP contribution in [0.5, 0.6) is 5.75 Å². The van der Waals surface area contributed by atoms with Gasteiger partial charge in [0.2, 0.25) is 0 Å². The molecule has 0 fully saturated rings. The smallest absolute Gasteiger partial charge is 0.369 e. The lowest BCUT2D eigenvalue weighted by molar-refractivity contribution is 0.387. The van der Waals surface area contributed by atoms with Gasteiger partial charge in [-0.25, -0.2) is 4.98 Å². The van der Waals surface area contributed by atoms with E-state index < -0.39 is 10.4 Å². The van der Waals surface area contributed by atoms with Crippen LogP contribution in [0.1, 0.15) is 0 Å². The van der Waals surface area contributed by atoms with Gasteiger partial charge < -0.3 is 14.9 Å². The van der Waals surface area contributed by atoms with Crippen LogP contribution in [0.25, 0.3) is 11.0 Å². The van der Waals surface area contributed by atoms with Crippen molar-refractivity contribution in [1.82, 2.24) is 9.97 Å². The molecule has 1 heterocycles. The molecular formula is C7H7N3O4S. The van der Waals surface area contributed by atoms with E-state index in [-0.39, 0.29) is 11.7 Å². The van der Waals surface area contributed by atoms with E-state index in [2.05, 4.69) is 14.2 Å². The van der Waals surface area contributed by atoms with E-state index in [0.717, 1.165) is 0 Å². The Balaban J connectivity index is 2.47. The zero-order valence-electron chi connectivity index (χ0n) is 7.34. The first kappa shape index (κ1) is 9.74. The summed E-state index contributed by atoms with van der Waals surface area (Å²) >= 11 is 0. The summed E-state index contributed by atoms with van der Waals surface area (Å²) in [5.41, 5.74) is 6.49. The Bertz CT molecular complexity index is 604. The second-order valence-corrected chi connectivity index (χ2v) is 3.83. The van der Waals surface area contributed by atoms with Crippen molar-refractivity contribution >= 4 is 27.4 Å². The molecule has 15 heavy (non-hydrogen) atoms. The van der Waals surface area contributed by atoms with Crippen molar-refractivity contribution in [3.05, 3.63) is 18.2 Å². The highest BCUT2D eigenvalue weighted by Gasteiger charge is 2.08. The largest absolute Gasteiger partial charge is 0.446 e. The fourth-order valence-corrected chi connectivity index (χ4v) is 1.53. The van der Waals surface area contributed by atoms with Crippen LogP contribution in [-0.2, 0) is 10.4 Å². The Labute approximate surface area is 84.8 Å². The Hall–Kier alpha value is -1.80. The summed E-state index contributed by atoms with van der Waals surface area (Å²) in [4.78, 5) is 6.60. The average Bonchev–Trinajstić information content (AvgIpc) is 2.40. The summed E-state index contributed by atoms with van der Waals surface area (Å²) < 4.78 is 33.6. The van der Waals surface area contributed by atoms with Crippen LogP contribution in [-0.4, -0.2) is 22.9 Å². The lowest BCUT2D eigenvalue weighted by atomic mass is 10.3. The number of rotatable bonds is 2. The first-order valence-corrected chi connectivity index (χ1v) is 5.23. The second kappa shape index (κ2) is 3.11. The van der Waals surface area contributed by atoms with E-state index in [1.54, 1.807) is 0 Å². The summed E-state index contributed by atoms with van der Waals surface area (Å²) in [6.07, 6.45) is 0. The van der Waals surface area contributed by atoms with E-state index in [9.17, 15) is 8.42 Å². The number of H-pyrrole nitrogens is 1. The molecule has 7 nitrogen and oxygen atoms in total. The van der Waals surface area contributed by atoms with Gasteiger partial charge in [-0.2, -0.15) is 8.42 Å². The SMILES string of the molecule is Nc1nc2ccc(OS(=O)(=O)O)cc2[nH]1. The fraction of sp³-hybridized carbons (Fsp3) is 0. The lowest BCUT2D eigenvalue weighted by Gasteiger charge is -1.99. The van der Waals surface area contributed by atoms with Crippen LogP contribution in [0.4, 0.5) is 5.95 Å². The van der Waals surface area contributed by atoms with Gasteiger partial charge in [-0.05, 0) is 12.1 Å². The van der Waals surface area contributed by atoms with Gasteiger partial charge in [0.05, 0.1) is 11.0 Å². The van der Waals surface area contributed by atoms with Gasteiger partial charge in [0.25, 0.3) is 0 Å². The first-order valence-electron chi connectivity index (χ1n) is 3.86. The third-order valence-corrected chi connectivity index (χ3v) is 2.08. The van der Waals surface area contributed by atoms with Crippen molar-refractivity contribution in [3.8, 4) is 5.75 Å². The molecule has 80 valence electrons. The van der Waals surface area contributed by atoms with E-state index in [4.69, 9.17) is 10.3 Å². The molecule has 0 saturated heterocycles. The molecule has 0 unspecified atom stereocenters. The normalized spacial score (nSPS) is 11.8. The number of nitrogens with zero attached hydrogens (tertiary/aromatic N) is 1. The number of anilines is 1. The lowest BCUT2D eigenvalue weighted by Crippen LogP contribution is -2.06. The Morgan fingerprint density at radius 1 is 1.47 bits per heavy atom. The number of fused-ring (bicyclic) bond motifs is 1. The third kappa shape index (κ3) is 2.17. The van der Waals surface area contributed by atoms with Crippen LogP contribution in [0.2, 0.25) is 0 Å². The van der Waals surface area contributed by atoms with Crippen molar-refractivity contribution in [2.45, 2.75) is 0 Å². The van der Waals surface area contributed by atoms with E-state index >= 15 is 0 Å². The van der Waals surface area contributed by atoms with Crippen LogP contribution >= 0.6 is 0 Å². The molecule has 0 radical (unpaired) electrons. The summed E-state index contributed by atoms with van der Waals surface area (Å²) in [5, 5.41) is 0. The van der Waals surface area contributed by atoms with Crippen LogP contribution in [0, 0.1) is 0 Å². The predicted molar refractivity (Wildman–Crippen MR) is 52.7 cm³/mol. The highest BCUT2D eigenvalue weighted by Crippen LogP contribution is 2.20. The number of benzene rings is 1. The van der Waals surface area contributed by atoms with Crippen LogP contribution in [0.3, 0.4) is 0 Å². The zero-order valence-corrected chi connectivity index (χ0v) is 8.15. The van der Waals surface area contributed by atoms with Gasteiger partial charge in [-0.3, -0.25) is 4.55 Å². The van der Waals surface area contributed by atoms with Gasteiger partial charge in [0, 0.05) is 6.07 Å². The number of aromatic amines is 1. The van der Waals surface area contributed by atoms with E-state index in [1.165, 1.54) is 18.2 Å². The highest BCUT2D eigenvalue weighted by molar-refractivity contribution is 7.81. The molecule has 2 rings (SSSR count). The number of hydrogen-bond acceptors (Lipinski definition) is 5. The quantitative estimate of drug-likeness (QED) is 0.638. The van der Waals surface area contributed by atoms with Crippen molar-refractivity contribution < 1.29 is 17.2 Å². The predicted octanol–water partition coefficient (Wildman–Crippen LogP) is 0.327. The van der Waals surface area contributed by atoms with Crippen molar-refractivity contribution in [2.75, 3.05) is 5.73 Å². The molecule has 1 aromatic carbocycles. The molecule has 0 spiro atoms. The molecule has 1 aromatic heterocycles. The molecule has 0 aliphatic rings. The maximum atomic E-state index is 10.4. The molecule has 0 bridgehead atoms. The third-order valence-electron chi connectivity index (χ3n) is 1.67. The van der Waals surface area contributed by atoms with E-state index in [1.807, 2.05) is 0 Å². The molecule has 4 N–H and O–H groups in total. The summed E-state index contributed by atoms with van der Waals surface area (Å²) in [6.45, 7) is 0. The van der Waals surface area contributed by atoms with Crippen molar-refractivity contribution in [3.63, 3.8) is 0 Å². The summed E-state index contributed by atoms with van der Waals surface area (Å²) in [6, 6.07) is 4.24. The van der Waals surface area contributed by atoms with Crippen LogP contribution in [0.15, 0.2) is 18.2 Å². The number of imidazole rings is 1. The maximum Gasteiger partial charge on any atom is 0.446 e. The number of hydrogen-bond donors (Lipinski definition) is 3. The van der Waals surface area contributed by atoms with Gasteiger partial charge >= 0.3 is 10.4 Å². The number of nitrogens with two attached hydrogens (primary N) is 1. The molecule has 0 saturated carbocycles. The molecule has 0 aliphatic heterocycles. The maximum absolute atomic E-state index is 10.4.